The van der Waals surface area contributed by atoms with Gasteiger partial charge in [0.25, 0.3) is 0 Å². The Morgan fingerprint density at radius 1 is 1.44 bits per heavy atom. The third kappa shape index (κ3) is 1.86. The van der Waals surface area contributed by atoms with Crippen LogP contribution in [-0.4, -0.2) is 34.6 Å². The van der Waals surface area contributed by atoms with Crippen molar-refractivity contribution in [3.8, 4) is 0 Å². The first-order valence-corrected chi connectivity index (χ1v) is 6.39. The number of likely N-dealkylation sites (tertiary alicyclic amines) is 1. The number of nitrogens with zero attached hydrogens (tertiary/aromatic N) is 1. The molecule has 0 bridgehead atoms. The molecule has 16 heavy (non-hydrogen) atoms. The summed E-state index contributed by atoms with van der Waals surface area (Å²) in [5.74, 6) is 0.439. The monoisotopic (exact) mass is 225 g/mol. The molecular formula is C13H23NO2. The first-order chi connectivity index (χ1) is 7.38. The van der Waals surface area contributed by atoms with Gasteiger partial charge in [0.2, 0.25) is 5.91 Å². The maximum Gasteiger partial charge on any atom is 0.226 e. The van der Waals surface area contributed by atoms with Crippen LogP contribution in [0.5, 0.6) is 0 Å². The average molecular weight is 225 g/mol. The van der Waals surface area contributed by atoms with Crippen molar-refractivity contribution in [2.75, 3.05) is 13.1 Å². The van der Waals surface area contributed by atoms with Crippen molar-refractivity contribution in [1.29, 1.82) is 0 Å². The summed E-state index contributed by atoms with van der Waals surface area (Å²) < 4.78 is 0. The average Bonchev–Trinajstić information content (AvgIpc) is 2.52. The predicted octanol–water partition coefficient (Wildman–Crippen LogP) is 1.80. The second-order valence-corrected chi connectivity index (χ2v) is 6.21. The van der Waals surface area contributed by atoms with Crippen molar-refractivity contribution >= 4 is 5.91 Å². The van der Waals surface area contributed by atoms with Crippen LogP contribution in [0.15, 0.2) is 0 Å². The summed E-state index contributed by atoms with van der Waals surface area (Å²) in [6.45, 7) is 7.42. The summed E-state index contributed by atoms with van der Waals surface area (Å²) >= 11 is 0. The zero-order valence-corrected chi connectivity index (χ0v) is 10.6. The van der Waals surface area contributed by atoms with E-state index in [2.05, 4.69) is 13.8 Å². The molecule has 0 radical (unpaired) electrons. The van der Waals surface area contributed by atoms with E-state index in [1.54, 1.807) is 0 Å². The largest absolute Gasteiger partial charge is 0.386 e. The Hall–Kier alpha value is -0.570. The summed E-state index contributed by atoms with van der Waals surface area (Å²) in [6, 6.07) is 0. The van der Waals surface area contributed by atoms with Gasteiger partial charge in [-0.1, -0.05) is 27.2 Å². The molecule has 2 aliphatic rings. The SMILES string of the molecule is CCC1(O)CN(C(=O)C2CCCC2(C)C)C1. The highest BCUT2D eigenvalue weighted by Gasteiger charge is 2.48. The number of rotatable bonds is 2. The van der Waals surface area contributed by atoms with E-state index in [-0.39, 0.29) is 17.2 Å². The van der Waals surface area contributed by atoms with Crippen LogP contribution < -0.4 is 0 Å². The van der Waals surface area contributed by atoms with Crippen LogP contribution in [0, 0.1) is 11.3 Å². The minimum absolute atomic E-state index is 0.150. The molecule has 1 atom stereocenters. The van der Waals surface area contributed by atoms with E-state index in [1.807, 2.05) is 11.8 Å². The predicted molar refractivity (Wildman–Crippen MR) is 62.9 cm³/mol. The number of carbonyl (C=O) groups excluding carboxylic acids is 1. The maximum atomic E-state index is 12.3. The maximum absolute atomic E-state index is 12.3. The van der Waals surface area contributed by atoms with Gasteiger partial charge in [-0.25, -0.2) is 0 Å². The first kappa shape index (κ1) is 11.9. The zero-order valence-electron chi connectivity index (χ0n) is 10.6. The summed E-state index contributed by atoms with van der Waals surface area (Å²) in [7, 11) is 0. The lowest BCUT2D eigenvalue weighted by Gasteiger charge is -2.48. The molecule has 1 N–H and O–H groups in total. The Balaban J connectivity index is 1.95. The Labute approximate surface area is 97.8 Å². The Kier molecular flexibility index (Phi) is 2.77. The molecule has 0 aromatic rings. The molecule has 1 saturated carbocycles. The topological polar surface area (TPSA) is 40.5 Å². The highest BCUT2D eigenvalue weighted by molar-refractivity contribution is 5.81. The van der Waals surface area contributed by atoms with Crippen LogP contribution in [0.3, 0.4) is 0 Å². The van der Waals surface area contributed by atoms with Crippen molar-refractivity contribution in [1.82, 2.24) is 4.90 Å². The van der Waals surface area contributed by atoms with Crippen molar-refractivity contribution in [3.05, 3.63) is 0 Å². The van der Waals surface area contributed by atoms with E-state index in [9.17, 15) is 9.90 Å². The minimum Gasteiger partial charge on any atom is -0.386 e. The van der Waals surface area contributed by atoms with Gasteiger partial charge in [-0.15, -0.1) is 0 Å². The van der Waals surface area contributed by atoms with E-state index in [4.69, 9.17) is 0 Å². The van der Waals surface area contributed by atoms with Gasteiger partial charge >= 0.3 is 0 Å². The smallest absolute Gasteiger partial charge is 0.226 e. The van der Waals surface area contributed by atoms with E-state index in [0.717, 1.165) is 25.7 Å². The fourth-order valence-electron chi connectivity index (χ4n) is 3.05. The Morgan fingerprint density at radius 3 is 2.50 bits per heavy atom. The van der Waals surface area contributed by atoms with Crippen LogP contribution in [0.4, 0.5) is 0 Å². The van der Waals surface area contributed by atoms with Crippen molar-refractivity contribution < 1.29 is 9.90 Å². The molecule has 3 heteroatoms. The highest BCUT2D eigenvalue weighted by Crippen LogP contribution is 2.44. The normalized spacial score (nSPS) is 31.2. The van der Waals surface area contributed by atoms with E-state index in [1.165, 1.54) is 0 Å². The molecule has 2 fully saturated rings. The molecular weight excluding hydrogens is 202 g/mol. The van der Waals surface area contributed by atoms with Crippen LogP contribution in [0.25, 0.3) is 0 Å². The molecule has 1 aliphatic carbocycles. The van der Waals surface area contributed by atoms with Gasteiger partial charge in [-0.3, -0.25) is 4.79 Å². The molecule has 1 heterocycles. The quantitative estimate of drug-likeness (QED) is 0.778. The lowest BCUT2D eigenvalue weighted by Crippen LogP contribution is -2.64. The lowest BCUT2D eigenvalue weighted by molar-refractivity contribution is -0.162. The lowest BCUT2D eigenvalue weighted by atomic mass is 9.79. The van der Waals surface area contributed by atoms with Crippen LogP contribution in [0.1, 0.15) is 46.5 Å². The number of β-amino-alcohol motifs (C(OH)–C–C–N with tert-alkyl or cyclic N) is 1. The molecule has 2 rings (SSSR count). The second-order valence-electron chi connectivity index (χ2n) is 6.21. The number of carbonyl (C=O) groups is 1. The fourth-order valence-corrected chi connectivity index (χ4v) is 3.05. The van der Waals surface area contributed by atoms with Gasteiger partial charge in [0.15, 0.2) is 0 Å². The van der Waals surface area contributed by atoms with Crippen molar-refractivity contribution in [2.45, 2.75) is 52.1 Å². The molecule has 92 valence electrons. The second kappa shape index (κ2) is 3.73. The minimum atomic E-state index is -0.599. The van der Waals surface area contributed by atoms with Gasteiger partial charge in [0.1, 0.15) is 0 Å². The van der Waals surface area contributed by atoms with Gasteiger partial charge in [0.05, 0.1) is 18.7 Å². The standard InChI is InChI=1S/C13H23NO2/c1-4-13(16)8-14(9-13)11(15)10-6-5-7-12(10,2)3/h10,16H,4-9H2,1-3H3. The highest BCUT2D eigenvalue weighted by atomic mass is 16.3. The summed E-state index contributed by atoms with van der Waals surface area (Å²) in [5, 5.41) is 9.92. The molecule has 1 amide bonds. The summed E-state index contributed by atoms with van der Waals surface area (Å²) in [4.78, 5) is 14.1. The van der Waals surface area contributed by atoms with Crippen LogP contribution >= 0.6 is 0 Å². The summed E-state index contributed by atoms with van der Waals surface area (Å²) in [6.07, 6.45) is 4.07. The number of hydrogen-bond acceptors (Lipinski definition) is 2. The first-order valence-electron chi connectivity index (χ1n) is 6.39. The van der Waals surface area contributed by atoms with E-state index >= 15 is 0 Å². The molecule has 0 spiro atoms. The molecule has 1 unspecified atom stereocenters. The van der Waals surface area contributed by atoms with Crippen LogP contribution in [-0.2, 0) is 4.79 Å². The zero-order chi connectivity index (χ0) is 12.0. The van der Waals surface area contributed by atoms with Gasteiger partial charge in [-0.2, -0.15) is 0 Å². The Morgan fingerprint density at radius 2 is 2.06 bits per heavy atom. The van der Waals surface area contributed by atoms with E-state index < -0.39 is 5.60 Å². The molecule has 3 nitrogen and oxygen atoms in total. The number of aliphatic hydroxyl groups is 1. The third-order valence-corrected chi connectivity index (χ3v) is 4.50. The number of amides is 1. The molecule has 1 saturated heterocycles. The summed E-state index contributed by atoms with van der Waals surface area (Å²) in [5.41, 5.74) is -0.449. The van der Waals surface area contributed by atoms with E-state index in [0.29, 0.717) is 13.1 Å². The van der Waals surface area contributed by atoms with Gasteiger partial charge < -0.3 is 10.0 Å². The molecule has 1 aliphatic heterocycles. The van der Waals surface area contributed by atoms with Crippen molar-refractivity contribution in [2.24, 2.45) is 11.3 Å². The van der Waals surface area contributed by atoms with Crippen molar-refractivity contribution in [3.63, 3.8) is 0 Å². The molecule has 0 aromatic carbocycles. The van der Waals surface area contributed by atoms with Gasteiger partial charge in [0, 0.05) is 5.92 Å². The number of hydrogen-bond donors (Lipinski definition) is 1. The van der Waals surface area contributed by atoms with Crippen LogP contribution in [0.2, 0.25) is 0 Å². The molecule has 0 aromatic heterocycles. The third-order valence-electron chi connectivity index (χ3n) is 4.50. The Bertz CT molecular complexity index is 292. The fraction of sp³-hybridized carbons (Fsp3) is 0.923. The van der Waals surface area contributed by atoms with Gasteiger partial charge in [-0.05, 0) is 24.7 Å².